The van der Waals surface area contributed by atoms with Crippen molar-refractivity contribution < 1.29 is 4.74 Å². The fourth-order valence-corrected chi connectivity index (χ4v) is 2.78. The van der Waals surface area contributed by atoms with E-state index >= 15 is 0 Å². The van der Waals surface area contributed by atoms with E-state index in [4.69, 9.17) is 10.5 Å². The predicted molar refractivity (Wildman–Crippen MR) is 83.0 cm³/mol. The third kappa shape index (κ3) is 3.01. The highest BCUT2D eigenvalue weighted by Gasteiger charge is 2.16. The normalized spacial score (nSPS) is 10.7. The highest BCUT2D eigenvalue weighted by atomic mass is 32.1. The van der Waals surface area contributed by atoms with Crippen molar-refractivity contribution in [2.24, 2.45) is 0 Å². The zero-order chi connectivity index (χ0) is 13.8. The third-order valence-electron chi connectivity index (χ3n) is 3.10. The number of ether oxygens (including phenoxy) is 1. The minimum absolute atomic E-state index is 0.372. The van der Waals surface area contributed by atoms with Crippen LogP contribution in [0.3, 0.4) is 0 Å². The minimum atomic E-state index is 0.372. The molecule has 1 aromatic carbocycles. The van der Waals surface area contributed by atoms with Gasteiger partial charge in [-0.1, -0.05) is 12.1 Å². The number of rotatable bonds is 5. The summed E-state index contributed by atoms with van der Waals surface area (Å²) in [5, 5.41) is 2.10. The molecule has 1 heterocycles. The van der Waals surface area contributed by atoms with E-state index in [9.17, 15) is 0 Å². The topological polar surface area (TPSA) is 38.5 Å². The van der Waals surface area contributed by atoms with E-state index in [-0.39, 0.29) is 0 Å². The van der Waals surface area contributed by atoms with Gasteiger partial charge in [0.1, 0.15) is 5.75 Å². The first kappa shape index (κ1) is 13.7. The van der Waals surface area contributed by atoms with Gasteiger partial charge in [0.05, 0.1) is 25.0 Å². The molecule has 19 heavy (non-hydrogen) atoms. The fourth-order valence-electron chi connectivity index (χ4n) is 2.08. The second kappa shape index (κ2) is 5.97. The van der Waals surface area contributed by atoms with Crippen molar-refractivity contribution in [3.05, 3.63) is 40.6 Å². The Morgan fingerprint density at radius 1 is 1.26 bits per heavy atom. The molecular formula is C15H20N2OS. The lowest BCUT2D eigenvalue weighted by molar-refractivity contribution is 0.417. The van der Waals surface area contributed by atoms with Gasteiger partial charge >= 0.3 is 0 Å². The predicted octanol–water partition coefficient (Wildman–Crippen LogP) is 3.75. The number of para-hydroxylation sites is 1. The van der Waals surface area contributed by atoms with Crippen LogP contribution in [0, 0.1) is 0 Å². The maximum Gasteiger partial charge on any atom is 0.143 e. The molecule has 0 saturated carbocycles. The van der Waals surface area contributed by atoms with Gasteiger partial charge in [0.2, 0.25) is 0 Å². The van der Waals surface area contributed by atoms with Gasteiger partial charge in [0.25, 0.3) is 0 Å². The lowest BCUT2D eigenvalue weighted by Crippen LogP contribution is -2.30. The van der Waals surface area contributed by atoms with Crippen LogP contribution in [0.25, 0.3) is 0 Å². The van der Waals surface area contributed by atoms with Crippen molar-refractivity contribution in [3.8, 4) is 5.75 Å². The number of anilines is 2. The first-order valence-corrected chi connectivity index (χ1v) is 7.23. The van der Waals surface area contributed by atoms with Gasteiger partial charge in [0, 0.05) is 10.9 Å². The summed E-state index contributed by atoms with van der Waals surface area (Å²) in [6.45, 7) is 5.21. The van der Waals surface area contributed by atoms with Gasteiger partial charge in [-0.25, -0.2) is 0 Å². The van der Waals surface area contributed by atoms with E-state index in [0.29, 0.717) is 11.7 Å². The quantitative estimate of drug-likeness (QED) is 0.845. The summed E-state index contributed by atoms with van der Waals surface area (Å²) in [4.78, 5) is 3.62. The Bertz CT molecular complexity index is 523. The summed E-state index contributed by atoms with van der Waals surface area (Å²) in [6, 6.07) is 10.5. The largest absolute Gasteiger partial charge is 0.495 e. The molecule has 0 aliphatic rings. The Kier molecular flexibility index (Phi) is 4.32. The molecule has 0 fully saturated rings. The smallest absolute Gasteiger partial charge is 0.143 e. The Labute approximate surface area is 118 Å². The van der Waals surface area contributed by atoms with Crippen molar-refractivity contribution in [1.29, 1.82) is 0 Å². The van der Waals surface area contributed by atoms with E-state index in [0.717, 1.165) is 18.0 Å². The zero-order valence-corrected chi connectivity index (χ0v) is 12.4. The average molecular weight is 276 g/mol. The summed E-state index contributed by atoms with van der Waals surface area (Å²) in [7, 11) is 1.65. The van der Waals surface area contributed by atoms with Crippen LogP contribution in [0.1, 0.15) is 18.7 Å². The number of hydrogen-bond acceptors (Lipinski definition) is 4. The summed E-state index contributed by atoms with van der Waals surface area (Å²) in [5.41, 5.74) is 7.93. The van der Waals surface area contributed by atoms with Crippen LogP contribution in [0.15, 0.2) is 35.7 Å². The highest BCUT2D eigenvalue weighted by Crippen LogP contribution is 2.34. The van der Waals surface area contributed by atoms with E-state index in [2.05, 4.69) is 36.3 Å². The van der Waals surface area contributed by atoms with Crippen LogP contribution in [0.5, 0.6) is 5.75 Å². The number of nitrogens with two attached hydrogens (primary N) is 1. The van der Waals surface area contributed by atoms with E-state index < -0.39 is 0 Å². The zero-order valence-electron chi connectivity index (χ0n) is 11.6. The molecule has 0 aliphatic carbocycles. The van der Waals surface area contributed by atoms with Crippen molar-refractivity contribution in [3.63, 3.8) is 0 Å². The maximum atomic E-state index is 6.20. The van der Waals surface area contributed by atoms with Crippen molar-refractivity contribution in [2.75, 3.05) is 17.7 Å². The molecule has 2 N–H and O–H groups in total. The number of nitrogen functional groups attached to an aromatic ring is 1. The molecule has 3 nitrogen and oxygen atoms in total. The van der Waals surface area contributed by atoms with Gasteiger partial charge in [0.15, 0.2) is 0 Å². The second-order valence-electron chi connectivity index (χ2n) is 4.69. The number of nitrogens with zero attached hydrogens (tertiary/aromatic N) is 1. The van der Waals surface area contributed by atoms with Gasteiger partial charge in [-0.2, -0.15) is 0 Å². The first-order valence-electron chi connectivity index (χ1n) is 6.35. The molecule has 0 unspecified atom stereocenters. The molecule has 0 atom stereocenters. The molecule has 0 spiro atoms. The summed E-state index contributed by atoms with van der Waals surface area (Å²) >= 11 is 1.77. The molecular weight excluding hydrogens is 256 g/mol. The van der Waals surface area contributed by atoms with E-state index in [1.54, 1.807) is 18.4 Å². The second-order valence-corrected chi connectivity index (χ2v) is 5.73. The van der Waals surface area contributed by atoms with Crippen LogP contribution < -0.4 is 15.4 Å². The third-order valence-corrected chi connectivity index (χ3v) is 3.96. The summed E-state index contributed by atoms with van der Waals surface area (Å²) in [6.07, 6.45) is 0. The van der Waals surface area contributed by atoms with E-state index in [1.165, 1.54) is 4.88 Å². The fraction of sp³-hybridized carbons (Fsp3) is 0.333. The van der Waals surface area contributed by atoms with Crippen molar-refractivity contribution in [2.45, 2.75) is 26.4 Å². The summed E-state index contributed by atoms with van der Waals surface area (Å²) in [5.74, 6) is 0.731. The van der Waals surface area contributed by atoms with Crippen LogP contribution >= 0.6 is 11.3 Å². The van der Waals surface area contributed by atoms with Gasteiger partial charge in [-0.15, -0.1) is 11.3 Å². The molecule has 0 bridgehead atoms. The van der Waals surface area contributed by atoms with Gasteiger partial charge in [-0.05, 0) is 37.4 Å². The van der Waals surface area contributed by atoms with Crippen LogP contribution in [-0.4, -0.2) is 13.2 Å². The number of benzene rings is 1. The summed E-state index contributed by atoms with van der Waals surface area (Å²) < 4.78 is 5.30. The van der Waals surface area contributed by atoms with Crippen molar-refractivity contribution >= 4 is 22.7 Å². The molecule has 102 valence electrons. The Hall–Kier alpha value is -1.68. The monoisotopic (exact) mass is 276 g/mol. The number of methoxy groups -OCH3 is 1. The molecule has 4 heteroatoms. The molecule has 2 aromatic rings. The standard InChI is InChI=1S/C15H20N2OS/c1-11(2)17(10-12-6-5-9-19-12)13-7-4-8-14(18-3)15(13)16/h4-9,11H,10,16H2,1-3H3. The molecule has 0 saturated heterocycles. The Morgan fingerprint density at radius 2 is 2.05 bits per heavy atom. The lowest BCUT2D eigenvalue weighted by Gasteiger charge is -2.30. The number of thiophene rings is 1. The lowest BCUT2D eigenvalue weighted by atomic mass is 10.2. The molecule has 0 radical (unpaired) electrons. The first-order chi connectivity index (χ1) is 9.13. The molecule has 1 aromatic heterocycles. The van der Waals surface area contributed by atoms with Gasteiger partial charge in [-0.3, -0.25) is 0 Å². The Morgan fingerprint density at radius 3 is 2.63 bits per heavy atom. The van der Waals surface area contributed by atoms with Crippen LogP contribution in [0.4, 0.5) is 11.4 Å². The SMILES string of the molecule is COc1cccc(N(Cc2cccs2)C(C)C)c1N. The highest BCUT2D eigenvalue weighted by molar-refractivity contribution is 7.09. The Balaban J connectivity index is 2.34. The van der Waals surface area contributed by atoms with Gasteiger partial charge < -0.3 is 15.4 Å². The van der Waals surface area contributed by atoms with Crippen LogP contribution in [0.2, 0.25) is 0 Å². The average Bonchev–Trinajstić information content (AvgIpc) is 2.89. The molecule has 0 amide bonds. The minimum Gasteiger partial charge on any atom is -0.495 e. The molecule has 2 rings (SSSR count). The maximum absolute atomic E-state index is 6.20. The van der Waals surface area contributed by atoms with Crippen LogP contribution in [-0.2, 0) is 6.54 Å². The van der Waals surface area contributed by atoms with Crippen molar-refractivity contribution in [1.82, 2.24) is 0 Å². The van der Waals surface area contributed by atoms with E-state index in [1.807, 2.05) is 18.2 Å². The molecule has 0 aliphatic heterocycles. The number of hydrogen-bond donors (Lipinski definition) is 1.